The SMILES string of the molecule is OC1=CCC=C2Oc3ccccc3N=C12. The minimum Gasteiger partial charge on any atom is -0.506 e. The molecule has 1 N–H and O–H groups in total. The van der Waals surface area contributed by atoms with Crippen molar-refractivity contribution < 1.29 is 9.84 Å². The van der Waals surface area contributed by atoms with Crippen LogP contribution in [0.15, 0.2) is 52.9 Å². The third-order valence-electron chi connectivity index (χ3n) is 2.41. The largest absolute Gasteiger partial charge is 0.506 e. The van der Waals surface area contributed by atoms with Gasteiger partial charge in [0.05, 0.1) is 0 Å². The van der Waals surface area contributed by atoms with Crippen LogP contribution >= 0.6 is 0 Å². The maximum absolute atomic E-state index is 9.64. The average molecular weight is 199 g/mol. The molecular formula is C12H9NO2. The molecule has 2 aliphatic rings. The number of rotatable bonds is 0. The molecule has 0 bridgehead atoms. The summed E-state index contributed by atoms with van der Waals surface area (Å²) in [4.78, 5) is 4.35. The highest BCUT2D eigenvalue weighted by atomic mass is 16.5. The van der Waals surface area contributed by atoms with Gasteiger partial charge >= 0.3 is 0 Å². The molecule has 0 fully saturated rings. The van der Waals surface area contributed by atoms with Gasteiger partial charge in [0, 0.05) is 0 Å². The zero-order valence-electron chi connectivity index (χ0n) is 7.97. The Bertz CT molecular complexity index is 512. The number of hydrogen-bond acceptors (Lipinski definition) is 3. The van der Waals surface area contributed by atoms with Crippen molar-refractivity contribution in [2.75, 3.05) is 0 Å². The van der Waals surface area contributed by atoms with Crippen LogP contribution in [0.1, 0.15) is 6.42 Å². The van der Waals surface area contributed by atoms with Gasteiger partial charge in [-0.2, -0.15) is 0 Å². The minimum atomic E-state index is 0.196. The van der Waals surface area contributed by atoms with Gasteiger partial charge in [0.2, 0.25) is 0 Å². The van der Waals surface area contributed by atoms with Crippen LogP contribution in [-0.4, -0.2) is 10.8 Å². The monoisotopic (exact) mass is 199 g/mol. The van der Waals surface area contributed by atoms with Crippen molar-refractivity contribution in [1.29, 1.82) is 0 Å². The molecule has 3 rings (SSSR count). The summed E-state index contributed by atoms with van der Waals surface area (Å²) in [6, 6.07) is 7.52. The number of benzene rings is 1. The normalized spacial score (nSPS) is 17.7. The number of aliphatic imine (C=N–C) groups is 1. The van der Waals surface area contributed by atoms with Crippen molar-refractivity contribution in [3.8, 4) is 5.75 Å². The number of para-hydroxylation sites is 2. The van der Waals surface area contributed by atoms with Crippen LogP contribution in [0.25, 0.3) is 0 Å². The van der Waals surface area contributed by atoms with Crippen LogP contribution in [0.4, 0.5) is 5.69 Å². The van der Waals surface area contributed by atoms with Gasteiger partial charge < -0.3 is 9.84 Å². The van der Waals surface area contributed by atoms with Crippen LogP contribution in [0.3, 0.4) is 0 Å². The fourth-order valence-electron chi connectivity index (χ4n) is 1.67. The van der Waals surface area contributed by atoms with E-state index in [0.29, 0.717) is 17.9 Å². The summed E-state index contributed by atoms with van der Waals surface area (Å²) in [7, 11) is 0. The molecule has 1 aliphatic carbocycles. The highest BCUT2D eigenvalue weighted by molar-refractivity contribution is 6.12. The van der Waals surface area contributed by atoms with Crippen molar-refractivity contribution in [3.63, 3.8) is 0 Å². The molecule has 0 unspecified atom stereocenters. The predicted octanol–water partition coefficient (Wildman–Crippen LogP) is 2.88. The lowest BCUT2D eigenvalue weighted by atomic mass is 10.1. The Morgan fingerprint density at radius 3 is 3.00 bits per heavy atom. The lowest BCUT2D eigenvalue weighted by Crippen LogP contribution is -2.17. The van der Waals surface area contributed by atoms with Gasteiger partial charge in [-0.3, -0.25) is 0 Å². The molecule has 0 saturated carbocycles. The zero-order chi connectivity index (χ0) is 10.3. The Hall–Kier alpha value is -2.03. The Labute approximate surface area is 87.0 Å². The number of hydrogen-bond donors (Lipinski definition) is 1. The highest BCUT2D eigenvalue weighted by Crippen LogP contribution is 2.35. The molecule has 1 aromatic rings. The summed E-state index contributed by atoms with van der Waals surface area (Å²) in [5.41, 5.74) is 1.28. The maximum Gasteiger partial charge on any atom is 0.153 e. The molecule has 0 radical (unpaired) electrons. The quantitative estimate of drug-likeness (QED) is 0.698. The molecule has 74 valence electrons. The van der Waals surface area contributed by atoms with E-state index in [2.05, 4.69) is 4.99 Å². The molecule has 0 saturated heterocycles. The van der Waals surface area contributed by atoms with Gasteiger partial charge in [-0.25, -0.2) is 4.99 Å². The van der Waals surface area contributed by atoms with E-state index >= 15 is 0 Å². The van der Waals surface area contributed by atoms with Crippen LogP contribution in [0, 0.1) is 0 Å². The summed E-state index contributed by atoms with van der Waals surface area (Å²) in [6.07, 6.45) is 4.32. The Kier molecular flexibility index (Phi) is 1.65. The number of ether oxygens (including phenoxy) is 1. The maximum atomic E-state index is 9.64. The first-order chi connectivity index (χ1) is 7.34. The van der Waals surface area contributed by atoms with Gasteiger partial charge in [-0.05, 0) is 30.7 Å². The summed E-state index contributed by atoms with van der Waals surface area (Å²) in [5.74, 6) is 1.58. The second-order valence-corrected chi connectivity index (χ2v) is 3.42. The van der Waals surface area contributed by atoms with E-state index in [-0.39, 0.29) is 5.76 Å². The minimum absolute atomic E-state index is 0.196. The predicted molar refractivity (Wildman–Crippen MR) is 57.6 cm³/mol. The molecule has 1 aliphatic heterocycles. The number of aliphatic hydroxyl groups excluding tert-OH is 1. The Morgan fingerprint density at radius 1 is 1.20 bits per heavy atom. The van der Waals surface area contributed by atoms with E-state index in [9.17, 15) is 5.11 Å². The summed E-state index contributed by atoms with van der Waals surface area (Å²) in [6.45, 7) is 0. The summed E-state index contributed by atoms with van der Waals surface area (Å²) < 4.78 is 5.64. The van der Waals surface area contributed by atoms with E-state index < -0.39 is 0 Å². The standard InChI is InChI=1S/C12H9NO2/c14-9-5-3-7-11-12(9)13-8-4-1-2-6-10(8)15-11/h1-2,4-7,14H,3H2. The third-order valence-corrected chi connectivity index (χ3v) is 2.41. The lowest BCUT2D eigenvalue weighted by Gasteiger charge is -2.20. The van der Waals surface area contributed by atoms with E-state index in [1.807, 2.05) is 30.3 Å². The lowest BCUT2D eigenvalue weighted by molar-refractivity contribution is 0.412. The van der Waals surface area contributed by atoms with Gasteiger partial charge in [0.25, 0.3) is 0 Å². The fraction of sp³-hybridized carbons (Fsp3) is 0.0833. The molecule has 1 aromatic carbocycles. The molecule has 0 aromatic heterocycles. The number of nitrogens with zero attached hydrogens (tertiary/aromatic N) is 1. The molecule has 15 heavy (non-hydrogen) atoms. The van der Waals surface area contributed by atoms with Crippen LogP contribution in [0.5, 0.6) is 5.75 Å². The van der Waals surface area contributed by atoms with Crippen molar-refractivity contribution in [2.45, 2.75) is 6.42 Å². The number of aliphatic hydroxyl groups is 1. The van der Waals surface area contributed by atoms with Gasteiger partial charge in [-0.15, -0.1) is 0 Å². The molecule has 0 amide bonds. The molecule has 3 heteroatoms. The molecule has 0 spiro atoms. The average Bonchev–Trinajstić information content (AvgIpc) is 2.27. The molecule has 1 heterocycles. The summed E-state index contributed by atoms with van der Waals surface area (Å²) >= 11 is 0. The second kappa shape index (κ2) is 2.98. The van der Waals surface area contributed by atoms with Crippen molar-refractivity contribution in [2.24, 2.45) is 4.99 Å². The van der Waals surface area contributed by atoms with Crippen molar-refractivity contribution in [1.82, 2.24) is 0 Å². The molecule has 3 nitrogen and oxygen atoms in total. The van der Waals surface area contributed by atoms with Crippen LogP contribution in [-0.2, 0) is 0 Å². The topological polar surface area (TPSA) is 41.8 Å². The first-order valence-electron chi connectivity index (χ1n) is 4.80. The second-order valence-electron chi connectivity index (χ2n) is 3.42. The van der Waals surface area contributed by atoms with E-state index in [0.717, 1.165) is 11.4 Å². The molecular weight excluding hydrogens is 190 g/mol. The van der Waals surface area contributed by atoms with Crippen molar-refractivity contribution in [3.05, 3.63) is 47.9 Å². The third kappa shape index (κ3) is 1.24. The van der Waals surface area contributed by atoms with E-state index in [4.69, 9.17) is 4.74 Å². The Morgan fingerprint density at radius 2 is 2.07 bits per heavy atom. The first kappa shape index (κ1) is 8.29. The number of allylic oxidation sites excluding steroid dienone is 2. The Balaban J connectivity index is 2.18. The first-order valence-corrected chi connectivity index (χ1v) is 4.80. The summed E-state index contributed by atoms with van der Waals surface area (Å²) in [5, 5.41) is 9.64. The van der Waals surface area contributed by atoms with Crippen LogP contribution < -0.4 is 4.74 Å². The van der Waals surface area contributed by atoms with E-state index in [1.165, 1.54) is 0 Å². The number of fused-ring (bicyclic) bond motifs is 2. The highest BCUT2D eigenvalue weighted by Gasteiger charge is 2.23. The van der Waals surface area contributed by atoms with Crippen molar-refractivity contribution >= 4 is 11.4 Å². The zero-order valence-corrected chi connectivity index (χ0v) is 7.97. The van der Waals surface area contributed by atoms with Gasteiger partial charge in [0.1, 0.15) is 17.2 Å². The molecule has 0 atom stereocenters. The van der Waals surface area contributed by atoms with Gasteiger partial charge in [-0.1, -0.05) is 12.1 Å². The smallest absolute Gasteiger partial charge is 0.153 e. The fourth-order valence-corrected chi connectivity index (χ4v) is 1.67. The van der Waals surface area contributed by atoms with Crippen LogP contribution in [0.2, 0.25) is 0 Å². The van der Waals surface area contributed by atoms with Gasteiger partial charge in [0.15, 0.2) is 11.5 Å². The van der Waals surface area contributed by atoms with E-state index in [1.54, 1.807) is 6.08 Å².